The van der Waals surface area contributed by atoms with Gasteiger partial charge in [0.25, 0.3) is 0 Å². The zero-order valence-electron chi connectivity index (χ0n) is 11.9. The van der Waals surface area contributed by atoms with Gasteiger partial charge in [-0.25, -0.2) is 4.79 Å². The van der Waals surface area contributed by atoms with Crippen LogP contribution in [0, 0.1) is 11.8 Å². The van der Waals surface area contributed by atoms with Gasteiger partial charge in [-0.3, -0.25) is 4.90 Å². The van der Waals surface area contributed by atoms with Gasteiger partial charge in [0.15, 0.2) is 5.60 Å². The Morgan fingerprint density at radius 3 is 3.24 bits per heavy atom. The topological polar surface area (TPSA) is 29.5 Å². The van der Waals surface area contributed by atoms with Crippen molar-refractivity contribution < 1.29 is 9.53 Å². The first-order valence-electron chi connectivity index (χ1n) is 7.72. The van der Waals surface area contributed by atoms with Crippen LogP contribution in [0.1, 0.15) is 32.1 Å². The maximum atomic E-state index is 11.9. The van der Waals surface area contributed by atoms with Crippen molar-refractivity contribution in [3.8, 4) is 11.8 Å². The van der Waals surface area contributed by atoms with Crippen molar-refractivity contribution in [3.05, 3.63) is 23.3 Å². The van der Waals surface area contributed by atoms with Crippen molar-refractivity contribution >= 4 is 17.6 Å². The van der Waals surface area contributed by atoms with Gasteiger partial charge in [0, 0.05) is 42.0 Å². The molecule has 4 rings (SSSR count). The van der Waals surface area contributed by atoms with E-state index in [0.717, 1.165) is 30.5 Å². The Morgan fingerprint density at radius 2 is 2.38 bits per heavy atom. The summed E-state index contributed by atoms with van der Waals surface area (Å²) in [5.74, 6) is 6.66. The minimum atomic E-state index is -0.429. The summed E-state index contributed by atoms with van der Waals surface area (Å²) in [6.07, 6.45) is 9.03. The Labute approximate surface area is 130 Å². The van der Waals surface area contributed by atoms with E-state index in [-0.39, 0.29) is 5.97 Å². The van der Waals surface area contributed by atoms with Crippen LogP contribution >= 0.6 is 11.6 Å². The van der Waals surface area contributed by atoms with E-state index in [0.29, 0.717) is 24.4 Å². The second kappa shape index (κ2) is 4.90. The number of carbonyl (C=O) groups excluding carboxylic acids is 1. The molecule has 2 saturated heterocycles. The fourth-order valence-electron chi connectivity index (χ4n) is 4.38. The van der Waals surface area contributed by atoms with E-state index < -0.39 is 5.60 Å². The average molecular weight is 304 g/mol. The predicted molar refractivity (Wildman–Crippen MR) is 80.9 cm³/mol. The monoisotopic (exact) mass is 303 g/mol. The number of nitrogens with zero attached hydrogens (tertiary/aromatic N) is 1. The van der Waals surface area contributed by atoms with Crippen molar-refractivity contribution in [3.63, 3.8) is 0 Å². The van der Waals surface area contributed by atoms with Gasteiger partial charge in [-0.05, 0) is 19.4 Å². The molecule has 2 bridgehead atoms. The first kappa shape index (κ1) is 13.4. The summed E-state index contributed by atoms with van der Waals surface area (Å²) < 4.78 is 5.84. The maximum Gasteiger partial charge on any atom is 0.332 e. The van der Waals surface area contributed by atoms with Crippen LogP contribution in [0.5, 0.6) is 0 Å². The first-order chi connectivity index (χ1) is 10.2. The second-order valence-electron chi connectivity index (χ2n) is 6.21. The van der Waals surface area contributed by atoms with Crippen LogP contribution < -0.4 is 0 Å². The number of ether oxygens (including phenoxy) is 1. The largest absolute Gasteiger partial charge is 0.449 e. The molecule has 0 N–H and O–H groups in total. The molecule has 0 aromatic carbocycles. The van der Waals surface area contributed by atoms with E-state index in [1.807, 2.05) is 0 Å². The lowest BCUT2D eigenvalue weighted by Gasteiger charge is -2.38. The molecule has 3 nitrogen and oxygen atoms in total. The molecule has 110 valence electrons. The summed E-state index contributed by atoms with van der Waals surface area (Å²) in [5.41, 5.74) is 1.57. The molecule has 1 spiro atoms. The normalized spacial score (nSPS) is 36.9. The van der Waals surface area contributed by atoms with Gasteiger partial charge in [0.1, 0.15) is 0 Å². The Balaban J connectivity index is 1.77. The Morgan fingerprint density at radius 1 is 1.48 bits per heavy atom. The van der Waals surface area contributed by atoms with Crippen LogP contribution in [0.2, 0.25) is 0 Å². The molecule has 0 unspecified atom stereocenters. The summed E-state index contributed by atoms with van der Waals surface area (Å²) >= 11 is 5.70. The third kappa shape index (κ3) is 1.89. The van der Waals surface area contributed by atoms with Crippen LogP contribution in [-0.2, 0) is 9.53 Å². The fraction of sp³-hybridized carbons (Fsp3) is 0.588. The molecule has 0 saturated carbocycles. The third-order valence-electron chi connectivity index (χ3n) is 5.11. The molecular formula is C17H18ClNO2. The number of hydrogen-bond acceptors (Lipinski definition) is 3. The molecule has 4 aliphatic rings. The summed E-state index contributed by atoms with van der Waals surface area (Å²) in [7, 11) is 0. The highest BCUT2D eigenvalue weighted by Gasteiger charge is 2.61. The van der Waals surface area contributed by atoms with Gasteiger partial charge in [0.05, 0.1) is 6.04 Å². The predicted octanol–water partition coefficient (Wildman–Crippen LogP) is 2.41. The highest BCUT2D eigenvalue weighted by molar-refractivity contribution is 6.18. The number of hydrogen-bond donors (Lipinski definition) is 0. The molecule has 4 heteroatoms. The maximum absolute atomic E-state index is 11.9. The summed E-state index contributed by atoms with van der Waals surface area (Å²) in [4.78, 5) is 14.4. The second-order valence-corrected chi connectivity index (χ2v) is 6.59. The summed E-state index contributed by atoms with van der Waals surface area (Å²) in [5, 5.41) is 0. The molecule has 0 radical (unpaired) electrons. The minimum absolute atomic E-state index is 0.205. The zero-order chi connectivity index (χ0) is 14.4. The highest BCUT2D eigenvalue weighted by Crippen LogP contribution is 2.53. The summed E-state index contributed by atoms with van der Waals surface area (Å²) in [6, 6.07) is 0.691. The number of halogens is 1. The van der Waals surface area contributed by atoms with Crippen LogP contribution in [0.15, 0.2) is 23.3 Å². The van der Waals surface area contributed by atoms with E-state index in [2.05, 4.69) is 22.8 Å². The van der Waals surface area contributed by atoms with Crippen LogP contribution in [-0.4, -0.2) is 41.0 Å². The van der Waals surface area contributed by atoms with Crippen molar-refractivity contribution in [2.24, 2.45) is 0 Å². The van der Waals surface area contributed by atoms with E-state index in [9.17, 15) is 4.79 Å². The Hall–Kier alpha value is -1.24. The highest BCUT2D eigenvalue weighted by atomic mass is 35.5. The van der Waals surface area contributed by atoms with Crippen LogP contribution in [0.25, 0.3) is 0 Å². The Kier molecular flexibility index (Phi) is 3.13. The number of alkyl halides is 1. The summed E-state index contributed by atoms with van der Waals surface area (Å²) in [6.45, 7) is 1.10. The number of carbonyl (C=O) groups is 1. The molecule has 3 aliphatic heterocycles. The van der Waals surface area contributed by atoms with Crippen molar-refractivity contribution in [1.82, 2.24) is 4.90 Å². The van der Waals surface area contributed by atoms with E-state index in [1.165, 1.54) is 12.8 Å². The van der Waals surface area contributed by atoms with Gasteiger partial charge in [-0.15, -0.1) is 11.6 Å². The number of piperidine rings is 1. The number of fused-ring (bicyclic) bond motifs is 3. The van der Waals surface area contributed by atoms with Crippen molar-refractivity contribution in [1.29, 1.82) is 0 Å². The van der Waals surface area contributed by atoms with E-state index in [1.54, 1.807) is 6.08 Å². The smallest absolute Gasteiger partial charge is 0.332 e. The standard InChI is InChI=1S/C17H18ClNO2/c18-7-3-1-5-12-9-13-11-17(14(12)10-16(20)21-17)15-6-2-4-8-19(13)15/h9-10,13,15H,2-4,6-8,11H2/t13-,15-,17+/m1/s1. The quantitative estimate of drug-likeness (QED) is 0.423. The molecule has 0 aromatic rings. The van der Waals surface area contributed by atoms with Crippen LogP contribution in [0.3, 0.4) is 0 Å². The van der Waals surface area contributed by atoms with Gasteiger partial charge >= 0.3 is 5.97 Å². The van der Waals surface area contributed by atoms with Gasteiger partial charge in [-0.2, -0.15) is 0 Å². The SMILES string of the molecule is O=C1C=C2C(C#CCCCl)=C[C@@H]3C[C@@]2(O1)[C@H]1CCCCN31. The minimum Gasteiger partial charge on any atom is -0.449 e. The lowest BCUT2D eigenvalue weighted by Crippen LogP contribution is -2.48. The molecule has 21 heavy (non-hydrogen) atoms. The van der Waals surface area contributed by atoms with Gasteiger partial charge < -0.3 is 4.74 Å². The van der Waals surface area contributed by atoms with Gasteiger partial charge in [-0.1, -0.05) is 24.3 Å². The number of esters is 1. The van der Waals surface area contributed by atoms with Gasteiger partial charge in [0.2, 0.25) is 0 Å². The number of rotatable bonds is 1. The molecule has 1 aliphatic carbocycles. The Bertz CT molecular complexity index is 612. The molecule has 0 aromatic heterocycles. The fourth-order valence-corrected chi connectivity index (χ4v) is 4.47. The molecule has 3 atom stereocenters. The first-order valence-corrected chi connectivity index (χ1v) is 8.26. The van der Waals surface area contributed by atoms with Crippen LogP contribution in [0.4, 0.5) is 0 Å². The van der Waals surface area contributed by atoms with Crippen molar-refractivity contribution in [2.45, 2.75) is 49.8 Å². The zero-order valence-corrected chi connectivity index (χ0v) is 12.7. The third-order valence-corrected chi connectivity index (χ3v) is 5.30. The molecule has 0 amide bonds. The van der Waals surface area contributed by atoms with E-state index in [4.69, 9.17) is 16.3 Å². The van der Waals surface area contributed by atoms with E-state index >= 15 is 0 Å². The molecule has 3 heterocycles. The molecular weight excluding hydrogens is 286 g/mol. The lowest BCUT2D eigenvalue weighted by molar-refractivity contribution is -0.148. The average Bonchev–Trinajstić information content (AvgIpc) is 2.96. The lowest BCUT2D eigenvalue weighted by atomic mass is 9.77. The molecule has 2 fully saturated rings. The van der Waals surface area contributed by atoms with Crippen molar-refractivity contribution in [2.75, 3.05) is 12.4 Å².